The van der Waals surface area contributed by atoms with Crippen LogP contribution in [0.25, 0.3) is 0 Å². The first-order valence-electron chi connectivity index (χ1n) is 9.08. The molecule has 4 nitrogen and oxygen atoms in total. The summed E-state index contributed by atoms with van der Waals surface area (Å²) < 4.78 is 44.0. The Hall–Kier alpha value is -2.54. The normalized spacial score (nSPS) is 12.0. The number of alkyl halides is 3. The van der Waals surface area contributed by atoms with E-state index in [1.165, 1.54) is 12.1 Å². The standard InChI is InChI=1S/C21H24F3NO3/c1-3-20(4-2,19(26)27)14-25-13-15-7-5-9-17(11-15)28-18-10-6-8-16(12-18)21(22,23)24/h5-12,25H,3-4,13-14H2,1-2H3,(H,26,27). The quantitative estimate of drug-likeness (QED) is 0.590. The van der Waals surface area contributed by atoms with E-state index in [0.717, 1.165) is 17.7 Å². The van der Waals surface area contributed by atoms with Crippen LogP contribution in [0.15, 0.2) is 48.5 Å². The molecule has 2 aromatic rings. The van der Waals surface area contributed by atoms with Crippen LogP contribution in [0.4, 0.5) is 13.2 Å². The summed E-state index contributed by atoms with van der Waals surface area (Å²) in [7, 11) is 0. The van der Waals surface area contributed by atoms with E-state index >= 15 is 0 Å². The summed E-state index contributed by atoms with van der Waals surface area (Å²) in [6.45, 7) is 4.45. The SMILES string of the molecule is CCC(CC)(CNCc1cccc(Oc2cccc(C(F)(F)F)c2)c1)C(=O)O. The fourth-order valence-electron chi connectivity index (χ4n) is 2.92. The van der Waals surface area contributed by atoms with Crippen LogP contribution >= 0.6 is 0 Å². The van der Waals surface area contributed by atoms with Gasteiger partial charge in [-0.15, -0.1) is 0 Å². The highest BCUT2D eigenvalue weighted by atomic mass is 19.4. The first-order valence-corrected chi connectivity index (χ1v) is 9.08. The van der Waals surface area contributed by atoms with Crippen LogP contribution in [0, 0.1) is 5.41 Å². The van der Waals surface area contributed by atoms with Crippen LogP contribution in [0.5, 0.6) is 11.5 Å². The van der Waals surface area contributed by atoms with E-state index in [1.54, 1.807) is 18.2 Å². The Labute approximate surface area is 162 Å². The van der Waals surface area contributed by atoms with Crippen LogP contribution in [-0.2, 0) is 17.5 Å². The molecule has 28 heavy (non-hydrogen) atoms. The average Bonchev–Trinajstić information content (AvgIpc) is 2.65. The van der Waals surface area contributed by atoms with E-state index in [2.05, 4.69) is 5.32 Å². The molecule has 7 heteroatoms. The van der Waals surface area contributed by atoms with Gasteiger partial charge < -0.3 is 15.2 Å². The average molecular weight is 395 g/mol. The molecular formula is C21H24F3NO3. The topological polar surface area (TPSA) is 58.6 Å². The molecule has 0 aliphatic rings. The summed E-state index contributed by atoms with van der Waals surface area (Å²) >= 11 is 0. The lowest BCUT2D eigenvalue weighted by atomic mass is 9.82. The van der Waals surface area contributed by atoms with Gasteiger partial charge in [0.1, 0.15) is 11.5 Å². The van der Waals surface area contributed by atoms with Gasteiger partial charge in [0.15, 0.2) is 0 Å². The summed E-state index contributed by atoms with van der Waals surface area (Å²) in [5.74, 6) is -0.317. The van der Waals surface area contributed by atoms with Gasteiger partial charge in [-0.1, -0.05) is 32.0 Å². The van der Waals surface area contributed by atoms with Crippen molar-refractivity contribution < 1.29 is 27.8 Å². The molecule has 0 aliphatic carbocycles. The molecule has 0 spiro atoms. The zero-order chi connectivity index (χ0) is 20.8. The van der Waals surface area contributed by atoms with Crippen molar-refractivity contribution in [2.24, 2.45) is 5.41 Å². The molecule has 0 atom stereocenters. The summed E-state index contributed by atoms with van der Waals surface area (Å²) in [5.41, 5.74) is -0.741. The lowest BCUT2D eigenvalue weighted by Gasteiger charge is -2.27. The van der Waals surface area contributed by atoms with Crippen molar-refractivity contribution in [2.75, 3.05) is 6.54 Å². The van der Waals surface area contributed by atoms with Gasteiger partial charge in [0.25, 0.3) is 0 Å². The number of rotatable bonds is 9. The third-order valence-electron chi connectivity index (χ3n) is 4.90. The maximum Gasteiger partial charge on any atom is 0.416 e. The second-order valence-corrected chi connectivity index (χ2v) is 6.67. The predicted molar refractivity (Wildman–Crippen MR) is 100 cm³/mol. The Morgan fingerprint density at radius 3 is 2.21 bits per heavy atom. The molecule has 0 bridgehead atoms. The van der Waals surface area contributed by atoms with Gasteiger partial charge in [0.2, 0.25) is 0 Å². The number of hydrogen-bond acceptors (Lipinski definition) is 3. The Balaban J connectivity index is 2.04. The van der Waals surface area contributed by atoms with Gasteiger partial charge in [-0.05, 0) is 48.7 Å². The lowest BCUT2D eigenvalue weighted by Crippen LogP contribution is -2.39. The molecule has 0 saturated heterocycles. The van der Waals surface area contributed by atoms with Gasteiger partial charge in [-0.3, -0.25) is 4.79 Å². The minimum Gasteiger partial charge on any atom is -0.481 e. The van der Waals surface area contributed by atoms with Crippen molar-refractivity contribution in [3.63, 3.8) is 0 Å². The van der Waals surface area contributed by atoms with E-state index in [1.807, 2.05) is 19.9 Å². The first kappa shape index (κ1) is 21.8. The molecule has 0 heterocycles. The van der Waals surface area contributed by atoms with Gasteiger partial charge in [-0.2, -0.15) is 13.2 Å². The smallest absolute Gasteiger partial charge is 0.416 e. The van der Waals surface area contributed by atoms with Crippen molar-refractivity contribution in [2.45, 2.75) is 39.4 Å². The van der Waals surface area contributed by atoms with Crippen molar-refractivity contribution in [3.05, 3.63) is 59.7 Å². The molecule has 0 radical (unpaired) electrons. The molecular weight excluding hydrogens is 371 g/mol. The van der Waals surface area contributed by atoms with Gasteiger partial charge in [0, 0.05) is 13.1 Å². The van der Waals surface area contributed by atoms with E-state index in [-0.39, 0.29) is 5.75 Å². The molecule has 0 unspecified atom stereocenters. The number of nitrogens with one attached hydrogen (secondary N) is 1. The Morgan fingerprint density at radius 1 is 1.04 bits per heavy atom. The molecule has 0 aliphatic heterocycles. The molecule has 2 aromatic carbocycles. The van der Waals surface area contributed by atoms with Crippen molar-refractivity contribution in [1.82, 2.24) is 5.32 Å². The van der Waals surface area contributed by atoms with Crippen LogP contribution < -0.4 is 10.1 Å². The number of ether oxygens (including phenoxy) is 1. The lowest BCUT2D eigenvalue weighted by molar-refractivity contribution is -0.149. The van der Waals surface area contributed by atoms with Gasteiger partial charge >= 0.3 is 12.1 Å². The van der Waals surface area contributed by atoms with Crippen molar-refractivity contribution >= 4 is 5.97 Å². The summed E-state index contributed by atoms with van der Waals surface area (Å²) in [5, 5.41) is 12.6. The van der Waals surface area contributed by atoms with Crippen LogP contribution in [0.3, 0.4) is 0 Å². The Morgan fingerprint density at radius 2 is 1.64 bits per heavy atom. The molecule has 152 valence electrons. The number of hydrogen-bond donors (Lipinski definition) is 2. The van der Waals surface area contributed by atoms with Crippen molar-refractivity contribution in [1.29, 1.82) is 0 Å². The van der Waals surface area contributed by atoms with E-state index < -0.39 is 23.1 Å². The van der Waals surface area contributed by atoms with Crippen molar-refractivity contribution in [3.8, 4) is 11.5 Å². The van der Waals surface area contributed by atoms with Crippen LogP contribution in [0.2, 0.25) is 0 Å². The number of carbonyl (C=O) groups is 1. The molecule has 0 aromatic heterocycles. The molecule has 0 fully saturated rings. The highest BCUT2D eigenvalue weighted by Gasteiger charge is 2.34. The fourth-order valence-corrected chi connectivity index (χ4v) is 2.92. The maximum absolute atomic E-state index is 12.8. The highest BCUT2D eigenvalue weighted by Crippen LogP contribution is 2.33. The van der Waals surface area contributed by atoms with Gasteiger partial charge in [-0.25, -0.2) is 0 Å². The maximum atomic E-state index is 12.8. The zero-order valence-electron chi connectivity index (χ0n) is 15.8. The molecule has 2 N–H and O–H groups in total. The zero-order valence-corrected chi connectivity index (χ0v) is 15.8. The number of carboxylic acid groups (broad SMARTS) is 1. The summed E-state index contributed by atoms with van der Waals surface area (Å²) in [6, 6.07) is 11.7. The monoisotopic (exact) mass is 395 g/mol. The molecule has 0 saturated carbocycles. The highest BCUT2D eigenvalue weighted by molar-refractivity contribution is 5.74. The minimum absolute atomic E-state index is 0.0989. The summed E-state index contributed by atoms with van der Waals surface area (Å²) in [4.78, 5) is 11.5. The Kier molecular flexibility index (Phi) is 7.07. The van der Waals surface area contributed by atoms with Gasteiger partial charge in [0.05, 0.1) is 11.0 Å². The predicted octanol–water partition coefficient (Wildman–Crippen LogP) is 5.48. The second-order valence-electron chi connectivity index (χ2n) is 6.67. The van der Waals surface area contributed by atoms with E-state index in [4.69, 9.17) is 4.74 Å². The largest absolute Gasteiger partial charge is 0.481 e. The molecule has 0 amide bonds. The third-order valence-corrected chi connectivity index (χ3v) is 4.90. The minimum atomic E-state index is -4.43. The van der Waals surface area contributed by atoms with Crippen LogP contribution in [-0.4, -0.2) is 17.6 Å². The van der Waals surface area contributed by atoms with Crippen LogP contribution in [0.1, 0.15) is 37.8 Å². The first-order chi connectivity index (χ1) is 13.2. The van der Waals surface area contributed by atoms with E-state index in [0.29, 0.717) is 31.7 Å². The third kappa shape index (κ3) is 5.48. The number of carboxylic acids is 1. The second kappa shape index (κ2) is 9.10. The summed E-state index contributed by atoms with van der Waals surface area (Å²) in [6.07, 6.45) is -3.39. The number of aliphatic carboxylic acids is 1. The fraction of sp³-hybridized carbons (Fsp3) is 0.381. The van der Waals surface area contributed by atoms with E-state index in [9.17, 15) is 23.1 Å². The molecule has 2 rings (SSSR count). The number of benzene rings is 2. The Bertz CT molecular complexity index is 801. The number of halogens is 3.